The monoisotopic (exact) mass is 346 g/mol. The number of piperidine rings is 1. The van der Waals surface area contributed by atoms with E-state index >= 15 is 0 Å². The van der Waals surface area contributed by atoms with Crippen molar-refractivity contribution in [3.05, 3.63) is 54.6 Å². The molecule has 0 aliphatic carbocycles. The largest absolute Gasteiger partial charge is 0.497 e. The highest BCUT2D eigenvalue weighted by Gasteiger charge is 2.24. The lowest BCUT2D eigenvalue weighted by Crippen LogP contribution is -2.44. The standard InChI is InChI=1S/C18H22N2O3S/c1-23-17-9-7-16(8-10-17)20-13-11-15(12-14-20)19-24(21,22)18-5-3-2-4-6-18/h2-10,15,19H,11-14H2,1H3. The zero-order valence-corrected chi connectivity index (χ0v) is 14.5. The Hall–Kier alpha value is -2.05. The first-order chi connectivity index (χ1) is 11.6. The predicted octanol–water partition coefficient (Wildman–Crippen LogP) is 2.64. The summed E-state index contributed by atoms with van der Waals surface area (Å²) >= 11 is 0. The maximum Gasteiger partial charge on any atom is 0.240 e. The number of anilines is 1. The smallest absolute Gasteiger partial charge is 0.240 e. The number of methoxy groups -OCH3 is 1. The Morgan fingerprint density at radius 3 is 2.21 bits per heavy atom. The third-order valence-corrected chi connectivity index (χ3v) is 5.84. The number of nitrogens with zero attached hydrogens (tertiary/aromatic N) is 1. The second-order valence-electron chi connectivity index (χ2n) is 5.89. The second-order valence-corrected chi connectivity index (χ2v) is 7.61. The summed E-state index contributed by atoms with van der Waals surface area (Å²) < 4.78 is 32.8. The van der Waals surface area contributed by atoms with Crippen LogP contribution in [0.25, 0.3) is 0 Å². The van der Waals surface area contributed by atoms with Gasteiger partial charge < -0.3 is 9.64 Å². The van der Waals surface area contributed by atoms with Crippen molar-refractivity contribution < 1.29 is 13.2 Å². The van der Waals surface area contributed by atoms with Crippen molar-refractivity contribution in [2.24, 2.45) is 0 Å². The van der Waals surface area contributed by atoms with E-state index in [1.54, 1.807) is 31.4 Å². The third kappa shape index (κ3) is 3.88. The summed E-state index contributed by atoms with van der Waals surface area (Å²) in [6, 6.07) is 16.5. The molecule has 0 amide bonds. The highest BCUT2D eigenvalue weighted by molar-refractivity contribution is 7.89. The van der Waals surface area contributed by atoms with E-state index in [2.05, 4.69) is 9.62 Å². The van der Waals surface area contributed by atoms with E-state index in [0.717, 1.165) is 37.4 Å². The van der Waals surface area contributed by atoms with E-state index in [-0.39, 0.29) is 6.04 Å². The fraction of sp³-hybridized carbons (Fsp3) is 0.333. The summed E-state index contributed by atoms with van der Waals surface area (Å²) in [5.41, 5.74) is 1.14. The van der Waals surface area contributed by atoms with Crippen LogP contribution in [0.1, 0.15) is 12.8 Å². The van der Waals surface area contributed by atoms with Crippen LogP contribution in [0.2, 0.25) is 0 Å². The van der Waals surface area contributed by atoms with Gasteiger partial charge in [-0.25, -0.2) is 13.1 Å². The molecule has 24 heavy (non-hydrogen) atoms. The zero-order valence-electron chi connectivity index (χ0n) is 13.7. The zero-order chi connectivity index (χ0) is 17.0. The molecule has 3 rings (SSSR count). The van der Waals surface area contributed by atoms with Crippen molar-refractivity contribution in [2.45, 2.75) is 23.8 Å². The number of hydrogen-bond donors (Lipinski definition) is 1. The molecule has 0 bridgehead atoms. The molecule has 0 radical (unpaired) electrons. The maximum atomic E-state index is 12.4. The Kier molecular flexibility index (Phi) is 5.06. The fourth-order valence-corrected chi connectivity index (χ4v) is 4.26. The molecule has 1 saturated heterocycles. The number of hydrogen-bond acceptors (Lipinski definition) is 4. The van der Waals surface area contributed by atoms with Gasteiger partial charge in [-0.1, -0.05) is 18.2 Å². The van der Waals surface area contributed by atoms with Crippen molar-refractivity contribution in [1.82, 2.24) is 4.72 Å². The lowest BCUT2D eigenvalue weighted by atomic mass is 10.1. The van der Waals surface area contributed by atoms with Crippen LogP contribution >= 0.6 is 0 Å². The number of benzene rings is 2. The molecule has 128 valence electrons. The van der Waals surface area contributed by atoms with Gasteiger partial charge in [-0.3, -0.25) is 0 Å². The van der Waals surface area contributed by atoms with E-state index in [1.165, 1.54) is 0 Å². The lowest BCUT2D eigenvalue weighted by Gasteiger charge is -2.33. The first-order valence-electron chi connectivity index (χ1n) is 8.05. The van der Waals surface area contributed by atoms with Crippen LogP contribution in [0.4, 0.5) is 5.69 Å². The molecule has 1 N–H and O–H groups in total. The van der Waals surface area contributed by atoms with Crippen molar-refractivity contribution in [3.63, 3.8) is 0 Å². The summed E-state index contributed by atoms with van der Waals surface area (Å²) in [6.07, 6.45) is 1.58. The predicted molar refractivity (Wildman–Crippen MR) is 95.0 cm³/mol. The molecule has 0 atom stereocenters. The molecule has 5 nitrogen and oxygen atoms in total. The molecule has 1 fully saturated rings. The Bertz CT molecular complexity index is 753. The molecule has 2 aromatic rings. The molecule has 1 heterocycles. The van der Waals surface area contributed by atoms with Crippen LogP contribution in [0, 0.1) is 0 Å². The minimum absolute atomic E-state index is 0.0234. The van der Waals surface area contributed by atoms with E-state index < -0.39 is 10.0 Å². The van der Waals surface area contributed by atoms with Crippen molar-refractivity contribution in [2.75, 3.05) is 25.1 Å². The minimum atomic E-state index is -3.44. The van der Waals surface area contributed by atoms with Crippen molar-refractivity contribution in [1.29, 1.82) is 0 Å². The van der Waals surface area contributed by atoms with Crippen LogP contribution in [-0.4, -0.2) is 34.7 Å². The Morgan fingerprint density at radius 2 is 1.62 bits per heavy atom. The first kappa shape index (κ1) is 16.8. The van der Waals surface area contributed by atoms with Crippen LogP contribution in [0.3, 0.4) is 0 Å². The van der Waals surface area contributed by atoms with Crippen LogP contribution in [0.5, 0.6) is 5.75 Å². The number of nitrogens with one attached hydrogen (secondary N) is 1. The summed E-state index contributed by atoms with van der Waals surface area (Å²) in [7, 11) is -1.78. The Morgan fingerprint density at radius 1 is 1.00 bits per heavy atom. The average Bonchev–Trinajstić information content (AvgIpc) is 2.63. The Balaban J connectivity index is 1.59. The molecule has 1 aliphatic rings. The minimum Gasteiger partial charge on any atom is -0.497 e. The SMILES string of the molecule is COc1ccc(N2CCC(NS(=O)(=O)c3ccccc3)CC2)cc1. The van der Waals surface area contributed by atoms with Crippen molar-refractivity contribution in [3.8, 4) is 5.75 Å². The van der Waals surface area contributed by atoms with Gasteiger partial charge in [-0.15, -0.1) is 0 Å². The van der Waals surface area contributed by atoms with Gasteiger partial charge in [0.2, 0.25) is 10.0 Å². The van der Waals surface area contributed by atoms with Gasteiger partial charge in [0.25, 0.3) is 0 Å². The molecule has 0 unspecified atom stereocenters. The van der Waals surface area contributed by atoms with Gasteiger partial charge in [-0.2, -0.15) is 0 Å². The molecule has 0 spiro atoms. The summed E-state index contributed by atoms with van der Waals surface area (Å²) in [4.78, 5) is 2.59. The van der Waals surface area contributed by atoms with Crippen LogP contribution in [0.15, 0.2) is 59.5 Å². The Labute approximate surface area is 143 Å². The highest BCUT2D eigenvalue weighted by Crippen LogP contribution is 2.23. The van der Waals surface area contributed by atoms with Gasteiger partial charge in [0.1, 0.15) is 5.75 Å². The normalized spacial score (nSPS) is 16.1. The number of sulfonamides is 1. The molecule has 0 aromatic heterocycles. The van der Waals surface area contributed by atoms with Gasteiger partial charge in [0.05, 0.1) is 12.0 Å². The third-order valence-electron chi connectivity index (χ3n) is 4.31. The lowest BCUT2D eigenvalue weighted by molar-refractivity contribution is 0.414. The van der Waals surface area contributed by atoms with E-state index in [9.17, 15) is 8.42 Å². The van der Waals surface area contributed by atoms with Crippen molar-refractivity contribution >= 4 is 15.7 Å². The van der Waals surface area contributed by atoms with Gasteiger partial charge in [0.15, 0.2) is 0 Å². The van der Waals surface area contributed by atoms with Crippen LogP contribution in [-0.2, 0) is 10.0 Å². The van der Waals surface area contributed by atoms with Gasteiger partial charge in [0, 0.05) is 24.8 Å². The molecule has 0 saturated carbocycles. The summed E-state index contributed by atoms with van der Waals surface area (Å²) in [5, 5.41) is 0. The van der Waals surface area contributed by atoms with Crippen LogP contribution < -0.4 is 14.4 Å². The average molecular weight is 346 g/mol. The van der Waals surface area contributed by atoms with E-state index in [1.807, 2.05) is 30.3 Å². The number of rotatable bonds is 5. The quantitative estimate of drug-likeness (QED) is 0.904. The molecule has 6 heteroatoms. The summed E-state index contributed by atoms with van der Waals surface area (Å²) in [5.74, 6) is 0.837. The van der Waals surface area contributed by atoms with E-state index in [4.69, 9.17) is 4.74 Å². The molecule has 2 aromatic carbocycles. The highest BCUT2D eigenvalue weighted by atomic mass is 32.2. The van der Waals surface area contributed by atoms with Gasteiger partial charge in [-0.05, 0) is 49.2 Å². The summed E-state index contributed by atoms with van der Waals surface area (Å²) in [6.45, 7) is 1.66. The molecule has 1 aliphatic heterocycles. The fourth-order valence-electron chi connectivity index (χ4n) is 2.94. The maximum absolute atomic E-state index is 12.4. The molecular formula is C18H22N2O3S. The molecular weight excluding hydrogens is 324 g/mol. The number of ether oxygens (including phenoxy) is 1. The van der Waals surface area contributed by atoms with Gasteiger partial charge >= 0.3 is 0 Å². The van der Waals surface area contributed by atoms with E-state index in [0.29, 0.717) is 4.90 Å². The topological polar surface area (TPSA) is 58.6 Å². The first-order valence-corrected chi connectivity index (χ1v) is 9.53. The second kappa shape index (κ2) is 7.23.